The zero-order valence-electron chi connectivity index (χ0n) is 16.5. The number of H-pyrrole nitrogens is 1. The van der Waals surface area contributed by atoms with E-state index in [9.17, 15) is 14.4 Å². The lowest BCUT2D eigenvalue weighted by molar-refractivity contribution is -0.129. The Morgan fingerprint density at radius 1 is 1.14 bits per heavy atom. The third kappa shape index (κ3) is 4.68. The molecule has 0 radical (unpaired) electrons. The van der Waals surface area contributed by atoms with Gasteiger partial charge in [-0.05, 0) is 42.9 Å². The summed E-state index contributed by atoms with van der Waals surface area (Å²) >= 11 is 0. The first-order chi connectivity index (χ1) is 13.5. The molecule has 1 saturated heterocycles. The van der Waals surface area contributed by atoms with Gasteiger partial charge >= 0.3 is 0 Å². The van der Waals surface area contributed by atoms with Crippen LogP contribution in [0, 0.1) is 5.92 Å². The highest BCUT2D eigenvalue weighted by atomic mass is 16.2. The van der Waals surface area contributed by atoms with E-state index in [0.717, 1.165) is 24.8 Å². The summed E-state index contributed by atoms with van der Waals surface area (Å²) in [6, 6.07) is 12.9. The molecule has 148 valence electrons. The molecule has 6 nitrogen and oxygen atoms in total. The van der Waals surface area contributed by atoms with Gasteiger partial charge in [0.1, 0.15) is 5.56 Å². The number of aromatic nitrogens is 1. The maximum Gasteiger partial charge on any atom is 0.261 e. The monoisotopic (exact) mass is 381 g/mol. The highest BCUT2D eigenvalue weighted by Gasteiger charge is 2.26. The lowest BCUT2D eigenvalue weighted by atomic mass is 9.92. The molecule has 6 heteroatoms. The SMILES string of the molecule is CN(C)C(=O)CC[C@H]1CCCN(C(=O)c2ccc(-c3ccccc3)[nH]c2=O)C1. The molecule has 0 spiro atoms. The van der Waals surface area contributed by atoms with Crippen LogP contribution in [0.1, 0.15) is 36.0 Å². The van der Waals surface area contributed by atoms with Crippen LogP contribution >= 0.6 is 0 Å². The van der Waals surface area contributed by atoms with Gasteiger partial charge in [-0.1, -0.05) is 30.3 Å². The molecule has 1 atom stereocenters. The number of carbonyl (C=O) groups excluding carboxylic acids is 2. The van der Waals surface area contributed by atoms with Gasteiger partial charge < -0.3 is 14.8 Å². The number of hydrogen-bond acceptors (Lipinski definition) is 3. The summed E-state index contributed by atoms with van der Waals surface area (Å²) < 4.78 is 0. The van der Waals surface area contributed by atoms with Crippen LogP contribution in [0.3, 0.4) is 0 Å². The zero-order chi connectivity index (χ0) is 20.1. The summed E-state index contributed by atoms with van der Waals surface area (Å²) in [6.45, 7) is 1.25. The minimum Gasteiger partial charge on any atom is -0.349 e. The number of aromatic amines is 1. The third-order valence-electron chi connectivity index (χ3n) is 5.30. The number of hydrogen-bond donors (Lipinski definition) is 1. The van der Waals surface area contributed by atoms with Crippen molar-refractivity contribution in [2.75, 3.05) is 27.2 Å². The average Bonchev–Trinajstić information content (AvgIpc) is 2.72. The standard InChI is InChI=1S/C22H27N3O3/c1-24(2)20(26)13-10-16-7-6-14-25(15-16)22(28)18-11-12-19(23-21(18)27)17-8-4-3-5-9-17/h3-5,8-9,11-12,16H,6-7,10,13-15H2,1-2H3,(H,23,27)/t16-/m1/s1. The van der Waals surface area contributed by atoms with Gasteiger partial charge in [-0.25, -0.2) is 0 Å². The maximum absolute atomic E-state index is 12.9. The molecule has 2 amide bonds. The van der Waals surface area contributed by atoms with Gasteiger partial charge in [0.25, 0.3) is 11.5 Å². The molecule has 0 unspecified atom stereocenters. The first-order valence-electron chi connectivity index (χ1n) is 9.74. The van der Waals surface area contributed by atoms with Crippen LogP contribution in [0.5, 0.6) is 0 Å². The lowest BCUT2D eigenvalue weighted by Gasteiger charge is -2.32. The Morgan fingerprint density at radius 3 is 2.57 bits per heavy atom. The maximum atomic E-state index is 12.9. The Bertz CT molecular complexity index is 889. The van der Waals surface area contributed by atoms with Crippen molar-refractivity contribution >= 4 is 11.8 Å². The Labute approximate surface area is 165 Å². The molecule has 1 aromatic carbocycles. The molecule has 0 bridgehead atoms. The molecule has 2 heterocycles. The van der Waals surface area contributed by atoms with E-state index < -0.39 is 0 Å². The fraction of sp³-hybridized carbons (Fsp3) is 0.409. The number of nitrogens with zero attached hydrogens (tertiary/aromatic N) is 2. The average molecular weight is 381 g/mol. The summed E-state index contributed by atoms with van der Waals surface area (Å²) in [5.74, 6) is 0.171. The van der Waals surface area contributed by atoms with E-state index in [4.69, 9.17) is 0 Å². The van der Waals surface area contributed by atoms with Gasteiger partial charge in [0.15, 0.2) is 0 Å². The van der Waals surface area contributed by atoms with Crippen LogP contribution in [0.15, 0.2) is 47.3 Å². The minimum atomic E-state index is -0.365. The second kappa shape index (κ2) is 8.87. The van der Waals surface area contributed by atoms with Crippen molar-refractivity contribution in [2.45, 2.75) is 25.7 Å². The highest BCUT2D eigenvalue weighted by molar-refractivity contribution is 5.94. The predicted molar refractivity (Wildman–Crippen MR) is 109 cm³/mol. The molecular formula is C22H27N3O3. The smallest absolute Gasteiger partial charge is 0.261 e. The van der Waals surface area contributed by atoms with Crippen LogP contribution < -0.4 is 5.56 Å². The van der Waals surface area contributed by atoms with E-state index in [2.05, 4.69) is 4.98 Å². The van der Waals surface area contributed by atoms with Crippen LogP contribution in [-0.2, 0) is 4.79 Å². The number of nitrogens with one attached hydrogen (secondary N) is 1. The molecule has 3 rings (SSSR count). The van der Waals surface area contributed by atoms with E-state index in [1.807, 2.05) is 30.3 Å². The quantitative estimate of drug-likeness (QED) is 0.865. The van der Waals surface area contributed by atoms with Crippen LogP contribution in [0.25, 0.3) is 11.3 Å². The number of likely N-dealkylation sites (tertiary alicyclic amines) is 1. The molecule has 1 N–H and O–H groups in total. The number of amides is 2. The second-order valence-electron chi connectivity index (χ2n) is 7.57. The van der Waals surface area contributed by atoms with Crippen LogP contribution in [0.2, 0.25) is 0 Å². The Morgan fingerprint density at radius 2 is 1.89 bits per heavy atom. The predicted octanol–water partition coefficient (Wildman–Crippen LogP) is 2.76. The molecule has 1 aliphatic rings. The zero-order valence-corrected chi connectivity index (χ0v) is 16.5. The van der Waals surface area contributed by atoms with Crippen molar-refractivity contribution < 1.29 is 9.59 Å². The Balaban J connectivity index is 1.68. The summed E-state index contributed by atoms with van der Waals surface area (Å²) in [7, 11) is 3.51. The summed E-state index contributed by atoms with van der Waals surface area (Å²) in [4.78, 5) is 43.4. The second-order valence-corrected chi connectivity index (χ2v) is 7.57. The molecule has 1 aliphatic heterocycles. The van der Waals surface area contributed by atoms with Crippen molar-refractivity contribution in [1.29, 1.82) is 0 Å². The first-order valence-corrected chi connectivity index (χ1v) is 9.74. The number of pyridine rings is 1. The molecule has 2 aromatic rings. The summed E-state index contributed by atoms with van der Waals surface area (Å²) in [5.41, 5.74) is 1.41. The van der Waals surface area contributed by atoms with E-state index in [1.165, 1.54) is 0 Å². The van der Waals surface area contributed by atoms with Gasteiger partial charge in [-0.2, -0.15) is 0 Å². The fourth-order valence-electron chi connectivity index (χ4n) is 3.63. The van der Waals surface area contributed by atoms with Crippen molar-refractivity contribution in [1.82, 2.24) is 14.8 Å². The van der Waals surface area contributed by atoms with Crippen molar-refractivity contribution in [3.63, 3.8) is 0 Å². The van der Waals surface area contributed by atoms with Gasteiger partial charge in [0.2, 0.25) is 5.91 Å². The van der Waals surface area contributed by atoms with Crippen molar-refractivity contribution in [3.8, 4) is 11.3 Å². The van der Waals surface area contributed by atoms with Crippen molar-refractivity contribution in [3.05, 3.63) is 58.4 Å². The van der Waals surface area contributed by atoms with Gasteiger partial charge in [0, 0.05) is 39.3 Å². The Hall–Kier alpha value is -2.89. The number of benzene rings is 1. The summed E-state index contributed by atoms with van der Waals surface area (Å²) in [5, 5.41) is 0. The third-order valence-corrected chi connectivity index (χ3v) is 5.30. The lowest BCUT2D eigenvalue weighted by Crippen LogP contribution is -2.42. The molecule has 1 fully saturated rings. The van der Waals surface area contributed by atoms with Crippen LogP contribution in [0.4, 0.5) is 0 Å². The van der Waals surface area contributed by atoms with Gasteiger partial charge in [-0.3, -0.25) is 14.4 Å². The molecule has 0 saturated carbocycles. The minimum absolute atomic E-state index is 0.108. The molecule has 0 aliphatic carbocycles. The molecule has 1 aromatic heterocycles. The first kappa shape index (κ1) is 19.9. The largest absolute Gasteiger partial charge is 0.349 e. The van der Waals surface area contributed by atoms with E-state index in [1.54, 1.807) is 36.0 Å². The molecule has 28 heavy (non-hydrogen) atoms. The Kier molecular flexibility index (Phi) is 6.29. The summed E-state index contributed by atoms with van der Waals surface area (Å²) in [6.07, 6.45) is 3.16. The van der Waals surface area contributed by atoms with E-state index in [-0.39, 0.29) is 22.9 Å². The van der Waals surface area contributed by atoms with Crippen molar-refractivity contribution in [2.24, 2.45) is 5.92 Å². The number of carbonyl (C=O) groups is 2. The van der Waals surface area contributed by atoms with Gasteiger partial charge in [-0.15, -0.1) is 0 Å². The van der Waals surface area contributed by atoms with E-state index in [0.29, 0.717) is 31.1 Å². The van der Waals surface area contributed by atoms with Crippen LogP contribution in [-0.4, -0.2) is 53.8 Å². The fourth-order valence-corrected chi connectivity index (χ4v) is 3.63. The number of piperidine rings is 1. The highest BCUT2D eigenvalue weighted by Crippen LogP contribution is 2.23. The normalized spacial score (nSPS) is 16.6. The topological polar surface area (TPSA) is 73.5 Å². The molecular weight excluding hydrogens is 354 g/mol. The van der Waals surface area contributed by atoms with E-state index >= 15 is 0 Å². The number of rotatable bonds is 5. The van der Waals surface area contributed by atoms with Gasteiger partial charge in [0.05, 0.1) is 0 Å².